The van der Waals surface area contributed by atoms with Gasteiger partial charge in [-0.3, -0.25) is 0 Å². The highest BCUT2D eigenvalue weighted by Crippen LogP contribution is 2.19. The lowest BCUT2D eigenvalue weighted by Crippen LogP contribution is -2.00. The van der Waals surface area contributed by atoms with Crippen molar-refractivity contribution in [1.82, 2.24) is 0 Å². The average molecular weight is 262 g/mol. The second-order valence-electron chi connectivity index (χ2n) is 3.85. The number of hydrogen-bond donors (Lipinski definition) is 1. The molecule has 0 bridgehead atoms. The molecule has 0 amide bonds. The molecule has 2 N–H and O–H groups in total. The number of benzene rings is 2. The average Bonchev–Trinajstić information content (AvgIpc) is 2.40. The van der Waals surface area contributed by atoms with E-state index >= 15 is 0 Å². The van der Waals surface area contributed by atoms with Crippen molar-refractivity contribution < 1.29 is 13.5 Å². The molecular formula is C14H12F2N2O. The molecule has 98 valence electrons. The van der Waals surface area contributed by atoms with E-state index in [1.54, 1.807) is 24.3 Å². The molecule has 0 spiro atoms. The SMILES string of the molecule is NN=Cc1ccc(OCc2ccccc2F)c(F)c1. The van der Waals surface area contributed by atoms with Gasteiger partial charge in [-0.2, -0.15) is 5.10 Å². The van der Waals surface area contributed by atoms with E-state index < -0.39 is 5.82 Å². The molecule has 3 nitrogen and oxygen atoms in total. The number of nitrogens with two attached hydrogens (primary N) is 1. The Morgan fingerprint density at radius 2 is 1.89 bits per heavy atom. The topological polar surface area (TPSA) is 47.6 Å². The standard InChI is InChI=1S/C14H12F2N2O/c15-12-4-2-1-3-11(12)9-19-14-6-5-10(8-18-17)7-13(14)16/h1-8H,9,17H2. The molecule has 2 aromatic carbocycles. The van der Waals surface area contributed by atoms with Crippen LogP contribution >= 0.6 is 0 Å². The van der Waals surface area contributed by atoms with E-state index in [4.69, 9.17) is 10.6 Å². The first kappa shape index (κ1) is 13.0. The Hall–Kier alpha value is -2.43. The Bertz CT molecular complexity index is 600. The van der Waals surface area contributed by atoms with Crippen LogP contribution in [0.2, 0.25) is 0 Å². The van der Waals surface area contributed by atoms with Crippen molar-refractivity contribution in [3.8, 4) is 5.75 Å². The van der Waals surface area contributed by atoms with Crippen molar-refractivity contribution >= 4 is 6.21 Å². The van der Waals surface area contributed by atoms with Crippen molar-refractivity contribution in [2.45, 2.75) is 6.61 Å². The quantitative estimate of drug-likeness (QED) is 0.523. The van der Waals surface area contributed by atoms with Gasteiger partial charge in [0.15, 0.2) is 11.6 Å². The molecule has 0 atom stereocenters. The molecule has 0 unspecified atom stereocenters. The summed E-state index contributed by atoms with van der Waals surface area (Å²) in [6.45, 7) is -0.0338. The third-order valence-corrected chi connectivity index (χ3v) is 2.52. The minimum Gasteiger partial charge on any atom is -0.486 e. The van der Waals surface area contributed by atoms with Gasteiger partial charge < -0.3 is 10.6 Å². The van der Waals surface area contributed by atoms with Gasteiger partial charge in [0.25, 0.3) is 0 Å². The molecule has 19 heavy (non-hydrogen) atoms. The van der Waals surface area contributed by atoms with E-state index in [-0.39, 0.29) is 18.2 Å². The van der Waals surface area contributed by atoms with Gasteiger partial charge in [-0.15, -0.1) is 0 Å². The van der Waals surface area contributed by atoms with E-state index in [2.05, 4.69) is 5.10 Å². The van der Waals surface area contributed by atoms with Crippen molar-refractivity contribution in [3.63, 3.8) is 0 Å². The molecule has 0 aromatic heterocycles. The van der Waals surface area contributed by atoms with Gasteiger partial charge in [0.05, 0.1) is 6.21 Å². The molecule has 0 saturated heterocycles. The molecular weight excluding hydrogens is 250 g/mol. The number of ether oxygens (including phenoxy) is 1. The van der Waals surface area contributed by atoms with Gasteiger partial charge in [0.2, 0.25) is 0 Å². The summed E-state index contributed by atoms with van der Waals surface area (Å²) in [4.78, 5) is 0. The minimum absolute atomic E-state index is 0.0338. The predicted molar refractivity (Wildman–Crippen MR) is 68.9 cm³/mol. The Balaban J connectivity index is 2.10. The van der Waals surface area contributed by atoms with Gasteiger partial charge in [-0.1, -0.05) is 18.2 Å². The molecule has 0 saturated carbocycles. The second kappa shape index (κ2) is 5.95. The van der Waals surface area contributed by atoms with Crippen molar-refractivity contribution in [3.05, 3.63) is 65.2 Å². The molecule has 0 aliphatic rings. The Kier molecular flexibility index (Phi) is 4.07. The summed E-state index contributed by atoms with van der Waals surface area (Å²) < 4.78 is 32.3. The number of hydrazone groups is 1. The van der Waals surface area contributed by atoms with Crippen LogP contribution in [-0.2, 0) is 6.61 Å². The summed E-state index contributed by atoms with van der Waals surface area (Å²) in [5.74, 6) is 4.10. The fourth-order valence-electron chi connectivity index (χ4n) is 1.57. The number of rotatable bonds is 4. The summed E-state index contributed by atoms with van der Waals surface area (Å²) in [5.41, 5.74) is 0.896. The van der Waals surface area contributed by atoms with E-state index in [0.29, 0.717) is 11.1 Å². The lowest BCUT2D eigenvalue weighted by molar-refractivity contribution is 0.285. The van der Waals surface area contributed by atoms with E-state index in [9.17, 15) is 8.78 Å². The zero-order valence-electron chi connectivity index (χ0n) is 10.0. The normalized spacial score (nSPS) is 10.8. The smallest absolute Gasteiger partial charge is 0.165 e. The van der Waals surface area contributed by atoms with Gasteiger partial charge in [0, 0.05) is 5.56 Å². The van der Waals surface area contributed by atoms with Crippen LogP contribution in [0.5, 0.6) is 5.75 Å². The summed E-state index contributed by atoms with van der Waals surface area (Å²) in [5, 5.41) is 3.30. The Morgan fingerprint density at radius 1 is 1.11 bits per heavy atom. The lowest BCUT2D eigenvalue weighted by Gasteiger charge is -2.08. The summed E-state index contributed by atoms with van der Waals surface area (Å²) in [6.07, 6.45) is 1.32. The molecule has 2 aromatic rings. The van der Waals surface area contributed by atoms with E-state index in [1.165, 1.54) is 24.4 Å². The third kappa shape index (κ3) is 3.28. The molecule has 0 radical (unpaired) electrons. The number of hydrogen-bond acceptors (Lipinski definition) is 3. The maximum Gasteiger partial charge on any atom is 0.165 e. The Labute approximate surface area is 109 Å². The second-order valence-corrected chi connectivity index (χ2v) is 3.85. The first-order valence-corrected chi connectivity index (χ1v) is 5.59. The van der Waals surface area contributed by atoms with Crippen LogP contribution in [0.1, 0.15) is 11.1 Å². The maximum absolute atomic E-state index is 13.7. The Morgan fingerprint density at radius 3 is 2.58 bits per heavy atom. The van der Waals surface area contributed by atoms with Gasteiger partial charge in [-0.25, -0.2) is 8.78 Å². The minimum atomic E-state index is -0.547. The highest BCUT2D eigenvalue weighted by atomic mass is 19.1. The fraction of sp³-hybridized carbons (Fsp3) is 0.0714. The molecule has 2 rings (SSSR count). The fourth-order valence-corrected chi connectivity index (χ4v) is 1.57. The van der Waals surface area contributed by atoms with Gasteiger partial charge in [-0.05, 0) is 29.8 Å². The predicted octanol–water partition coefficient (Wildman–Crippen LogP) is 2.84. The van der Waals surface area contributed by atoms with Crippen LogP contribution < -0.4 is 10.6 Å². The first-order valence-electron chi connectivity index (χ1n) is 5.59. The first-order chi connectivity index (χ1) is 9.20. The third-order valence-electron chi connectivity index (χ3n) is 2.52. The van der Waals surface area contributed by atoms with Gasteiger partial charge >= 0.3 is 0 Å². The zero-order chi connectivity index (χ0) is 13.7. The summed E-state index contributed by atoms with van der Waals surface area (Å²) in [6, 6.07) is 10.5. The highest BCUT2D eigenvalue weighted by Gasteiger charge is 2.06. The molecule has 0 aliphatic carbocycles. The molecule has 0 fully saturated rings. The van der Waals surface area contributed by atoms with Crippen LogP contribution in [-0.4, -0.2) is 6.21 Å². The molecule has 0 aliphatic heterocycles. The monoisotopic (exact) mass is 262 g/mol. The number of halogens is 2. The van der Waals surface area contributed by atoms with Crippen LogP contribution in [0.4, 0.5) is 8.78 Å². The van der Waals surface area contributed by atoms with Crippen molar-refractivity contribution in [2.24, 2.45) is 10.9 Å². The molecule has 5 heteroatoms. The summed E-state index contributed by atoms with van der Waals surface area (Å²) in [7, 11) is 0. The van der Waals surface area contributed by atoms with E-state index in [1.807, 2.05) is 0 Å². The largest absolute Gasteiger partial charge is 0.486 e. The van der Waals surface area contributed by atoms with Crippen molar-refractivity contribution in [1.29, 1.82) is 0 Å². The van der Waals surface area contributed by atoms with Crippen LogP contribution in [0, 0.1) is 11.6 Å². The maximum atomic E-state index is 13.7. The highest BCUT2D eigenvalue weighted by molar-refractivity contribution is 5.79. The molecule has 0 heterocycles. The number of nitrogens with zero attached hydrogens (tertiary/aromatic N) is 1. The van der Waals surface area contributed by atoms with Crippen LogP contribution in [0.15, 0.2) is 47.6 Å². The zero-order valence-corrected chi connectivity index (χ0v) is 10.0. The van der Waals surface area contributed by atoms with Crippen LogP contribution in [0.25, 0.3) is 0 Å². The van der Waals surface area contributed by atoms with Gasteiger partial charge in [0.1, 0.15) is 12.4 Å². The summed E-state index contributed by atoms with van der Waals surface area (Å²) >= 11 is 0. The van der Waals surface area contributed by atoms with Crippen molar-refractivity contribution in [2.75, 3.05) is 0 Å². The lowest BCUT2D eigenvalue weighted by atomic mass is 10.2. The van der Waals surface area contributed by atoms with Crippen LogP contribution in [0.3, 0.4) is 0 Å². The van der Waals surface area contributed by atoms with E-state index in [0.717, 1.165) is 0 Å².